The molecule has 32 heavy (non-hydrogen) atoms. The van der Waals surface area contributed by atoms with Gasteiger partial charge in [0.15, 0.2) is 0 Å². The molecule has 3 aromatic rings. The Morgan fingerprint density at radius 2 is 1.72 bits per heavy atom. The minimum atomic E-state index is -0.322. The van der Waals surface area contributed by atoms with E-state index in [4.69, 9.17) is 9.47 Å². The number of nitrogens with zero attached hydrogens (tertiary/aromatic N) is 2. The number of hydrogen-bond donors (Lipinski definition) is 0. The van der Waals surface area contributed by atoms with Gasteiger partial charge in [-0.15, -0.1) is 0 Å². The van der Waals surface area contributed by atoms with Crippen molar-refractivity contribution >= 4 is 16.9 Å². The van der Waals surface area contributed by atoms with Crippen LogP contribution in [0, 0.1) is 0 Å². The number of aromatic nitrogens is 1. The summed E-state index contributed by atoms with van der Waals surface area (Å²) in [6, 6.07) is 16.1. The smallest absolute Gasteiger partial charge is 0.337 e. The molecule has 1 aliphatic carbocycles. The highest BCUT2D eigenvalue weighted by Gasteiger charge is 2.17. The third-order valence-electron chi connectivity index (χ3n) is 6.42. The Morgan fingerprint density at radius 1 is 0.969 bits per heavy atom. The first-order valence-electron chi connectivity index (χ1n) is 11.2. The Kier molecular flexibility index (Phi) is 5.82. The van der Waals surface area contributed by atoms with Crippen LogP contribution in [0.2, 0.25) is 0 Å². The molecule has 5 rings (SSSR count). The van der Waals surface area contributed by atoms with Crippen molar-refractivity contribution in [3.63, 3.8) is 0 Å². The highest BCUT2D eigenvalue weighted by molar-refractivity contribution is 5.94. The van der Waals surface area contributed by atoms with Gasteiger partial charge in [0.1, 0.15) is 12.4 Å². The van der Waals surface area contributed by atoms with Gasteiger partial charge in [0.25, 0.3) is 0 Å². The van der Waals surface area contributed by atoms with E-state index >= 15 is 0 Å². The molecule has 2 heterocycles. The summed E-state index contributed by atoms with van der Waals surface area (Å²) in [4.78, 5) is 14.4. The summed E-state index contributed by atoms with van der Waals surface area (Å²) in [6.07, 6.45) is 8.89. The Labute approximate surface area is 188 Å². The molecule has 2 aromatic carbocycles. The zero-order valence-corrected chi connectivity index (χ0v) is 18.4. The normalized spacial score (nSPS) is 15.9. The van der Waals surface area contributed by atoms with Gasteiger partial charge < -0.3 is 14.0 Å². The average Bonchev–Trinajstić information content (AvgIpc) is 3.15. The van der Waals surface area contributed by atoms with E-state index in [2.05, 4.69) is 45.9 Å². The number of benzene rings is 2. The van der Waals surface area contributed by atoms with Crippen molar-refractivity contribution in [2.24, 2.45) is 0 Å². The zero-order valence-electron chi connectivity index (χ0n) is 18.4. The fourth-order valence-electron chi connectivity index (χ4n) is 4.47. The fourth-order valence-corrected chi connectivity index (χ4v) is 4.47. The predicted molar refractivity (Wildman–Crippen MR) is 126 cm³/mol. The minimum Gasteiger partial charge on any atom is -0.492 e. The Morgan fingerprint density at radius 3 is 2.41 bits per heavy atom. The second-order valence-electron chi connectivity index (χ2n) is 8.43. The Bertz CT molecular complexity index is 1170. The van der Waals surface area contributed by atoms with Crippen LogP contribution in [-0.2, 0) is 17.8 Å². The first-order chi connectivity index (χ1) is 15.7. The molecule has 0 amide bonds. The van der Waals surface area contributed by atoms with Gasteiger partial charge >= 0.3 is 5.97 Å². The lowest BCUT2D eigenvalue weighted by molar-refractivity contribution is 0.0601. The number of methoxy groups -OCH3 is 1. The molecule has 1 aromatic heterocycles. The molecule has 1 aliphatic heterocycles. The third kappa shape index (κ3) is 4.34. The lowest BCUT2D eigenvalue weighted by Gasteiger charge is -2.20. The summed E-state index contributed by atoms with van der Waals surface area (Å²) in [5.74, 6) is 0.558. The van der Waals surface area contributed by atoms with E-state index in [0.717, 1.165) is 36.3 Å². The molecule has 0 spiro atoms. The number of ether oxygens (including phenoxy) is 2. The molecule has 2 aliphatic rings. The van der Waals surface area contributed by atoms with Gasteiger partial charge in [-0.3, -0.25) is 4.90 Å². The topological polar surface area (TPSA) is 43.7 Å². The maximum Gasteiger partial charge on any atom is 0.337 e. The van der Waals surface area contributed by atoms with Crippen molar-refractivity contribution in [3.05, 3.63) is 89.2 Å². The summed E-state index contributed by atoms with van der Waals surface area (Å²) in [6.45, 7) is 4.50. The second-order valence-corrected chi connectivity index (χ2v) is 8.43. The van der Waals surface area contributed by atoms with Crippen LogP contribution in [0.5, 0.6) is 5.75 Å². The fraction of sp³-hybridized carbons (Fsp3) is 0.296. The number of rotatable bonds is 7. The quantitative estimate of drug-likeness (QED) is 0.499. The molecule has 0 saturated carbocycles. The SMILES string of the molecule is COC(=O)c1ccc2ccn(CCOc3ccc(CN4CCC5=C(C=C5)CC4)cc3)c2c1. The second kappa shape index (κ2) is 9.05. The molecule has 0 saturated heterocycles. The van der Waals surface area contributed by atoms with Gasteiger partial charge in [-0.25, -0.2) is 4.79 Å². The van der Waals surface area contributed by atoms with Gasteiger partial charge in [-0.2, -0.15) is 0 Å². The standard InChI is InChI=1S/C27H28N2O3/c1-31-27(30)24-7-6-23-12-15-29(26(23)18-24)16-17-32-25-8-2-20(3-9-25)19-28-13-10-21-4-5-22(21)11-14-28/h2-9,12,15,18H,10-11,13-14,16-17,19H2,1H3. The van der Waals surface area contributed by atoms with E-state index in [1.807, 2.05) is 24.4 Å². The zero-order chi connectivity index (χ0) is 21.9. The molecule has 5 nitrogen and oxygen atoms in total. The maximum absolute atomic E-state index is 11.8. The van der Waals surface area contributed by atoms with E-state index in [0.29, 0.717) is 18.7 Å². The summed E-state index contributed by atoms with van der Waals surface area (Å²) in [7, 11) is 1.40. The van der Waals surface area contributed by atoms with E-state index in [1.165, 1.54) is 25.5 Å². The van der Waals surface area contributed by atoms with Crippen LogP contribution in [0.25, 0.3) is 10.9 Å². The molecule has 164 valence electrons. The van der Waals surface area contributed by atoms with Crippen LogP contribution in [-0.4, -0.2) is 42.2 Å². The minimum absolute atomic E-state index is 0.322. The van der Waals surface area contributed by atoms with Crippen LogP contribution in [0.1, 0.15) is 28.8 Å². The molecule has 0 unspecified atom stereocenters. The molecule has 0 bridgehead atoms. The number of hydrogen-bond acceptors (Lipinski definition) is 4. The van der Waals surface area contributed by atoms with Gasteiger partial charge in [0, 0.05) is 31.3 Å². The number of fused-ring (bicyclic) bond motifs is 1. The monoisotopic (exact) mass is 428 g/mol. The summed E-state index contributed by atoms with van der Waals surface area (Å²) >= 11 is 0. The summed E-state index contributed by atoms with van der Waals surface area (Å²) in [5, 5.41) is 1.09. The maximum atomic E-state index is 11.8. The van der Waals surface area contributed by atoms with Crippen molar-refractivity contribution in [3.8, 4) is 5.75 Å². The third-order valence-corrected chi connectivity index (χ3v) is 6.42. The van der Waals surface area contributed by atoms with Crippen molar-refractivity contribution < 1.29 is 14.3 Å². The van der Waals surface area contributed by atoms with Crippen LogP contribution < -0.4 is 4.74 Å². The highest BCUT2D eigenvalue weighted by atomic mass is 16.5. The summed E-state index contributed by atoms with van der Waals surface area (Å²) < 4.78 is 12.9. The molecule has 0 atom stereocenters. The van der Waals surface area contributed by atoms with Crippen molar-refractivity contribution in [1.29, 1.82) is 0 Å². The van der Waals surface area contributed by atoms with Crippen LogP contribution in [0.4, 0.5) is 0 Å². The number of esters is 1. The van der Waals surface area contributed by atoms with Gasteiger partial charge in [0.05, 0.1) is 19.2 Å². The van der Waals surface area contributed by atoms with Gasteiger partial charge in [0.2, 0.25) is 0 Å². The van der Waals surface area contributed by atoms with Crippen molar-refractivity contribution in [1.82, 2.24) is 9.47 Å². The molecular weight excluding hydrogens is 400 g/mol. The lowest BCUT2D eigenvalue weighted by atomic mass is 9.94. The van der Waals surface area contributed by atoms with Crippen LogP contribution >= 0.6 is 0 Å². The molecule has 0 radical (unpaired) electrons. The van der Waals surface area contributed by atoms with Gasteiger partial charge in [-0.1, -0.05) is 30.4 Å². The largest absolute Gasteiger partial charge is 0.492 e. The van der Waals surface area contributed by atoms with Crippen molar-refractivity contribution in [2.75, 3.05) is 26.8 Å². The summed E-state index contributed by atoms with van der Waals surface area (Å²) in [5.41, 5.74) is 5.98. The van der Waals surface area contributed by atoms with Crippen LogP contribution in [0.3, 0.4) is 0 Å². The predicted octanol–water partition coefficient (Wildman–Crippen LogP) is 4.97. The number of carbonyl (C=O) groups is 1. The van der Waals surface area contributed by atoms with E-state index in [9.17, 15) is 4.79 Å². The van der Waals surface area contributed by atoms with E-state index in [-0.39, 0.29) is 5.97 Å². The first kappa shape index (κ1) is 20.6. The van der Waals surface area contributed by atoms with E-state index in [1.54, 1.807) is 17.2 Å². The van der Waals surface area contributed by atoms with Crippen molar-refractivity contribution in [2.45, 2.75) is 25.9 Å². The average molecular weight is 429 g/mol. The Balaban J connectivity index is 1.14. The lowest BCUT2D eigenvalue weighted by Crippen LogP contribution is -2.24. The molecule has 0 N–H and O–H groups in total. The molecular formula is C27H28N2O3. The number of allylic oxidation sites excluding steroid dienone is 2. The molecule has 0 fully saturated rings. The van der Waals surface area contributed by atoms with Crippen LogP contribution in [0.15, 0.2) is 78.0 Å². The van der Waals surface area contributed by atoms with E-state index < -0.39 is 0 Å². The first-order valence-corrected chi connectivity index (χ1v) is 11.2. The highest BCUT2D eigenvalue weighted by Crippen LogP contribution is 2.28. The molecule has 5 heteroatoms. The van der Waals surface area contributed by atoms with Gasteiger partial charge in [-0.05, 0) is 65.3 Å². The Hall–Kier alpha value is -3.31. The number of carbonyl (C=O) groups excluding carboxylic acids is 1.